The van der Waals surface area contributed by atoms with E-state index >= 15 is 0 Å². The number of para-hydroxylation sites is 1. The fraction of sp³-hybridized carbons (Fsp3) is 0.278. The number of methoxy groups -OCH3 is 1. The van der Waals surface area contributed by atoms with Gasteiger partial charge in [0.05, 0.1) is 7.11 Å². The Morgan fingerprint density at radius 1 is 1.14 bits per heavy atom. The molecular formula is C18H19NO2. The maximum Gasteiger partial charge on any atom is 0.258 e. The average Bonchev–Trinajstić information content (AvgIpc) is 2.53. The van der Waals surface area contributed by atoms with Crippen LogP contribution >= 0.6 is 0 Å². The second kappa shape index (κ2) is 5.60. The molecule has 108 valence electrons. The first-order chi connectivity index (χ1) is 10.2. The SMILES string of the molecule is COc1ccc(C(=O)N2CC(C)Cc3ccccc32)cc1. The number of anilines is 1. The van der Waals surface area contributed by atoms with Gasteiger partial charge >= 0.3 is 0 Å². The topological polar surface area (TPSA) is 29.5 Å². The minimum Gasteiger partial charge on any atom is -0.497 e. The van der Waals surface area contributed by atoms with Crippen LogP contribution in [0.4, 0.5) is 5.69 Å². The minimum absolute atomic E-state index is 0.0525. The summed E-state index contributed by atoms with van der Waals surface area (Å²) in [6.07, 6.45) is 1.03. The average molecular weight is 281 g/mol. The summed E-state index contributed by atoms with van der Waals surface area (Å²) in [6.45, 7) is 2.95. The molecule has 0 N–H and O–H groups in total. The smallest absolute Gasteiger partial charge is 0.258 e. The van der Waals surface area contributed by atoms with Crippen molar-refractivity contribution in [1.29, 1.82) is 0 Å². The van der Waals surface area contributed by atoms with E-state index in [1.807, 2.05) is 47.4 Å². The lowest BCUT2D eigenvalue weighted by Gasteiger charge is -2.33. The van der Waals surface area contributed by atoms with Gasteiger partial charge in [0.1, 0.15) is 5.75 Å². The fourth-order valence-electron chi connectivity index (χ4n) is 2.88. The van der Waals surface area contributed by atoms with Gasteiger partial charge < -0.3 is 9.64 Å². The van der Waals surface area contributed by atoms with Crippen LogP contribution in [0.25, 0.3) is 0 Å². The Kier molecular flexibility index (Phi) is 3.65. The first kappa shape index (κ1) is 13.7. The predicted octanol–water partition coefficient (Wildman–Crippen LogP) is 3.53. The van der Waals surface area contributed by atoms with Gasteiger partial charge in [-0.3, -0.25) is 4.79 Å². The largest absolute Gasteiger partial charge is 0.497 e. The van der Waals surface area contributed by atoms with E-state index in [2.05, 4.69) is 13.0 Å². The molecule has 0 saturated heterocycles. The van der Waals surface area contributed by atoms with Crippen LogP contribution in [0.5, 0.6) is 5.75 Å². The first-order valence-corrected chi connectivity index (χ1v) is 7.23. The molecule has 2 aromatic rings. The second-order valence-corrected chi connectivity index (χ2v) is 5.58. The van der Waals surface area contributed by atoms with Crippen molar-refractivity contribution in [1.82, 2.24) is 0 Å². The number of carbonyl (C=O) groups is 1. The van der Waals surface area contributed by atoms with Gasteiger partial charge in [-0.1, -0.05) is 25.1 Å². The number of fused-ring (bicyclic) bond motifs is 1. The maximum atomic E-state index is 12.8. The van der Waals surface area contributed by atoms with Crippen molar-refractivity contribution in [3.05, 3.63) is 59.7 Å². The highest BCUT2D eigenvalue weighted by Gasteiger charge is 2.26. The van der Waals surface area contributed by atoms with E-state index in [1.165, 1.54) is 5.56 Å². The van der Waals surface area contributed by atoms with Crippen LogP contribution in [-0.2, 0) is 6.42 Å². The van der Waals surface area contributed by atoms with Gasteiger partial charge in [-0.2, -0.15) is 0 Å². The standard InChI is InChI=1S/C18H19NO2/c1-13-11-15-5-3-4-6-17(15)19(12-13)18(20)14-7-9-16(21-2)10-8-14/h3-10,13H,11-12H2,1-2H3. The van der Waals surface area contributed by atoms with Crippen LogP contribution in [0.15, 0.2) is 48.5 Å². The van der Waals surface area contributed by atoms with Crippen molar-refractivity contribution in [2.45, 2.75) is 13.3 Å². The number of rotatable bonds is 2. The molecule has 0 saturated carbocycles. The molecule has 2 aromatic carbocycles. The Morgan fingerprint density at radius 2 is 1.86 bits per heavy atom. The second-order valence-electron chi connectivity index (χ2n) is 5.58. The number of hydrogen-bond donors (Lipinski definition) is 0. The van der Waals surface area contributed by atoms with Gasteiger partial charge in [-0.05, 0) is 48.2 Å². The van der Waals surface area contributed by atoms with E-state index < -0.39 is 0 Å². The molecule has 1 atom stereocenters. The molecule has 3 nitrogen and oxygen atoms in total. The van der Waals surface area contributed by atoms with Crippen molar-refractivity contribution >= 4 is 11.6 Å². The Balaban J connectivity index is 1.93. The summed E-state index contributed by atoms with van der Waals surface area (Å²) >= 11 is 0. The van der Waals surface area contributed by atoms with Gasteiger partial charge in [0.2, 0.25) is 0 Å². The Labute approximate surface area is 125 Å². The molecule has 0 bridgehead atoms. The number of amides is 1. The van der Waals surface area contributed by atoms with Crippen LogP contribution in [0, 0.1) is 5.92 Å². The summed E-state index contributed by atoms with van der Waals surface area (Å²) in [5.74, 6) is 1.29. The number of benzene rings is 2. The van der Waals surface area contributed by atoms with Crippen LogP contribution < -0.4 is 9.64 Å². The fourth-order valence-corrected chi connectivity index (χ4v) is 2.88. The number of nitrogens with zero attached hydrogens (tertiary/aromatic N) is 1. The summed E-state index contributed by atoms with van der Waals surface area (Å²) in [7, 11) is 1.62. The van der Waals surface area contributed by atoms with Crippen molar-refractivity contribution in [2.24, 2.45) is 5.92 Å². The lowest BCUT2D eigenvalue weighted by Crippen LogP contribution is -2.39. The third-order valence-electron chi connectivity index (χ3n) is 3.93. The van der Waals surface area contributed by atoms with Crippen LogP contribution in [0.3, 0.4) is 0 Å². The summed E-state index contributed by atoms with van der Waals surface area (Å²) in [6, 6.07) is 15.5. The van der Waals surface area contributed by atoms with Crippen molar-refractivity contribution < 1.29 is 9.53 Å². The number of carbonyl (C=O) groups excluding carboxylic acids is 1. The van der Waals surface area contributed by atoms with E-state index in [9.17, 15) is 4.79 Å². The zero-order chi connectivity index (χ0) is 14.8. The highest BCUT2D eigenvalue weighted by atomic mass is 16.5. The molecule has 1 aliphatic rings. The molecule has 21 heavy (non-hydrogen) atoms. The molecule has 1 unspecified atom stereocenters. The van der Waals surface area contributed by atoms with Gasteiger partial charge in [-0.25, -0.2) is 0 Å². The molecular weight excluding hydrogens is 262 g/mol. The summed E-state index contributed by atoms with van der Waals surface area (Å²) in [4.78, 5) is 14.7. The lowest BCUT2D eigenvalue weighted by atomic mass is 9.93. The monoisotopic (exact) mass is 281 g/mol. The van der Waals surface area contributed by atoms with E-state index in [4.69, 9.17) is 4.74 Å². The number of ether oxygens (including phenoxy) is 1. The Hall–Kier alpha value is -2.29. The Bertz CT molecular complexity index is 649. The highest BCUT2D eigenvalue weighted by molar-refractivity contribution is 6.06. The van der Waals surface area contributed by atoms with Crippen LogP contribution in [0.1, 0.15) is 22.8 Å². The van der Waals surface area contributed by atoms with Crippen LogP contribution in [-0.4, -0.2) is 19.6 Å². The molecule has 1 heterocycles. The van der Waals surface area contributed by atoms with Gasteiger partial charge in [-0.15, -0.1) is 0 Å². The van der Waals surface area contributed by atoms with Gasteiger partial charge in [0, 0.05) is 17.8 Å². The molecule has 0 aromatic heterocycles. The zero-order valence-electron chi connectivity index (χ0n) is 12.4. The molecule has 0 spiro atoms. The molecule has 0 radical (unpaired) electrons. The lowest BCUT2D eigenvalue weighted by molar-refractivity contribution is 0.0981. The molecule has 0 fully saturated rings. The third kappa shape index (κ3) is 2.64. The van der Waals surface area contributed by atoms with E-state index in [0.29, 0.717) is 11.5 Å². The Morgan fingerprint density at radius 3 is 2.57 bits per heavy atom. The highest BCUT2D eigenvalue weighted by Crippen LogP contribution is 2.30. The molecule has 1 aliphatic heterocycles. The van der Waals surface area contributed by atoms with Crippen molar-refractivity contribution in [3.8, 4) is 5.75 Å². The summed E-state index contributed by atoms with van der Waals surface area (Å²) < 4.78 is 5.14. The molecule has 1 amide bonds. The van der Waals surface area contributed by atoms with Gasteiger partial charge in [0.25, 0.3) is 5.91 Å². The normalized spacial score (nSPS) is 17.2. The quantitative estimate of drug-likeness (QED) is 0.842. The molecule has 3 rings (SSSR count). The third-order valence-corrected chi connectivity index (χ3v) is 3.93. The van der Waals surface area contributed by atoms with Gasteiger partial charge in [0.15, 0.2) is 0 Å². The predicted molar refractivity (Wildman–Crippen MR) is 84.0 cm³/mol. The molecule has 0 aliphatic carbocycles. The molecule has 3 heteroatoms. The minimum atomic E-state index is 0.0525. The summed E-state index contributed by atoms with van der Waals surface area (Å²) in [5.41, 5.74) is 2.98. The zero-order valence-corrected chi connectivity index (χ0v) is 12.4. The van der Waals surface area contributed by atoms with E-state index in [0.717, 1.165) is 24.4 Å². The van der Waals surface area contributed by atoms with Crippen LogP contribution in [0.2, 0.25) is 0 Å². The van der Waals surface area contributed by atoms with E-state index in [1.54, 1.807) is 7.11 Å². The van der Waals surface area contributed by atoms with E-state index in [-0.39, 0.29) is 5.91 Å². The number of hydrogen-bond acceptors (Lipinski definition) is 2. The maximum absolute atomic E-state index is 12.8. The van der Waals surface area contributed by atoms with Crippen molar-refractivity contribution in [2.75, 3.05) is 18.6 Å². The first-order valence-electron chi connectivity index (χ1n) is 7.23. The summed E-state index contributed by atoms with van der Waals surface area (Å²) in [5, 5.41) is 0. The van der Waals surface area contributed by atoms with Crippen molar-refractivity contribution in [3.63, 3.8) is 0 Å².